The number of nitrogens with zero attached hydrogens (tertiary/aromatic N) is 2. The number of anilines is 1. The van der Waals surface area contributed by atoms with Crippen molar-refractivity contribution >= 4 is 68.1 Å². The first-order valence-electron chi connectivity index (χ1n) is 7.70. The number of thiazole rings is 1. The van der Waals surface area contributed by atoms with Gasteiger partial charge in [0.1, 0.15) is 4.83 Å². The van der Waals surface area contributed by atoms with E-state index in [1.165, 1.54) is 24.2 Å². The third kappa shape index (κ3) is 5.20. The topological polar surface area (TPSA) is 57.3 Å². The number of piperidine rings is 1. The molecule has 2 aromatic heterocycles. The van der Waals surface area contributed by atoms with E-state index in [9.17, 15) is 4.79 Å². The number of hydrogen-bond donors (Lipinski definition) is 2. The minimum absolute atomic E-state index is 0. The molecule has 5 nitrogen and oxygen atoms in total. The number of thiophene rings is 1. The van der Waals surface area contributed by atoms with Crippen molar-refractivity contribution < 1.29 is 4.79 Å². The Balaban J connectivity index is 0.00000144. The Morgan fingerprint density at radius 2 is 2.21 bits per heavy atom. The zero-order valence-corrected chi connectivity index (χ0v) is 17.1. The Hall–Kier alpha value is -0.600. The van der Waals surface area contributed by atoms with Crippen LogP contribution in [0.15, 0.2) is 6.07 Å². The quantitative estimate of drug-likeness (QED) is 0.792. The molecule has 0 aromatic carbocycles. The number of carbonyl (C=O) groups excluding carboxylic acids is 1. The van der Waals surface area contributed by atoms with Crippen LogP contribution in [0.25, 0.3) is 9.53 Å². The molecule has 3 rings (SSSR count). The van der Waals surface area contributed by atoms with Crippen molar-refractivity contribution in [3.8, 4) is 0 Å². The van der Waals surface area contributed by atoms with Gasteiger partial charge in [0.15, 0.2) is 5.13 Å². The molecular weight excluding hydrogens is 387 g/mol. The average Bonchev–Trinajstić information content (AvgIpc) is 3.06. The number of amides is 1. The molecule has 24 heavy (non-hydrogen) atoms. The van der Waals surface area contributed by atoms with Crippen LogP contribution in [0.3, 0.4) is 0 Å². The van der Waals surface area contributed by atoms with Gasteiger partial charge in [-0.15, -0.1) is 36.2 Å². The summed E-state index contributed by atoms with van der Waals surface area (Å²) in [7, 11) is 3.96. The highest BCUT2D eigenvalue weighted by molar-refractivity contribution is 7.29. The van der Waals surface area contributed by atoms with E-state index < -0.39 is 0 Å². The summed E-state index contributed by atoms with van der Waals surface area (Å²) in [5.41, 5.74) is 0. The number of halogens is 2. The fourth-order valence-electron chi connectivity index (χ4n) is 2.67. The first-order valence-corrected chi connectivity index (χ1v) is 9.33. The number of hydrogen-bond acceptors (Lipinski definition) is 6. The highest BCUT2D eigenvalue weighted by atomic mass is 35.5. The van der Waals surface area contributed by atoms with Crippen LogP contribution < -0.4 is 15.5 Å². The van der Waals surface area contributed by atoms with Crippen molar-refractivity contribution in [3.05, 3.63) is 10.9 Å². The van der Waals surface area contributed by atoms with Gasteiger partial charge in [0, 0.05) is 20.6 Å². The summed E-state index contributed by atoms with van der Waals surface area (Å²) in [6.45, 7) is 2.98. The third-order valence-electron chi connectivity index (χ3n) is 3.92. The third-order valence-corrected chi connectivity index (χ3v) is 6.25. The summed E-state index contributed by atoms with van der Waals surface area (Å²) < 4.78 is 1.09. The van der Waals surface area contributed by atoms with Crippen LogP contribution in [0, 0.1) is 5.92 Å². The van der Waals surface area contributed by atoms with Gasteiger partial charge in [0.2, 0.25) is 0 Å². The van der Waals surface area contributed by atoms with E-state index in [-0.39, 0.29) is 30.7 Å². The smallest absolute Gasteiger partial charge is 0.261 e. The minimum Gasteiger partial charge on any atom is -0.354 e. The summed E-state index contributed by atoms with van der Waals surface area (Å²) >= 11 is 3.11. The molecule has 0 bridgehead atoms. The van der Waals surface area contributed by atoms with Crippen LogP contribution in [0.4, 0.5) is 5.13 Å². The number of fused-ring (bicyclic) bond motifs is 1. The summed E-state index contributed by atoms with van der Waals surface area (Å²) in [5.74, 6) is 0.732. The molecule has 0 aliphatic carbocycles. The monoisotopic (exact) mass is 410 g/mol. The lowest BCUT2D eigenvalue weighted by molar-refractivity contribution is 0.0955. The molecule has 9 heteroatoms. The number of nitrogens with one attached hydrogen (secondary N) is 2. The second kappa shape index (κ2) is 9.77. The maximum absolute atomic E-state index is 12.2. The van der Waals surface area contributed by atoms with Crippen molar-refractivity contribution in [3.63, 3.8) is 0 Å². The van der Waals surface area contributed by atoms with Gasteiger partial charge in [-0.3, -0.25) is 4.79 Å². The van der Waals surface area contributed by atoms with E-state index in [1.807, 2.05) is 25.1 Å². The molecule has 1 unspecified atom stereocenters. The molecular formula is C15H24Cl2N4OS2. The number of aromatic nitrogens is 1. The van der Waals surface area contributed by atoms with E-state index in [1.54, 1.807) is 11.3 Å². The predicted molar refractivity (Wildman–Crippen MR) is 109 cm³/mol. The Morgan fingerprint density at radius 1 is 1.42 bits per heavy atom. The SMILES string of the molecule is CN(C)c1nc2sc(C(=O)NCCC3CCCNC3)cc2s1.Cl.Cl. The van der Waals surface area contributed by atoms with E-state index >= 15 is 0 Å². The molecule has 2 aromatic rings. The van der Waals surface area contributed by atoms with Gasteiger partial charge < -0.3 is 15.5 Å². The van der Waals surface area contributed by atoms with Crippen molar-refractivity contribution in [2.45, 2.75) is 19.3 Å². The molecule has 136 valence electrons. The normalized spacial score (nSPS) is 17.0. The molecule has 1 atom stereocenters. The van der Waals surface area contributed by atoms with Gasteiger partial charge in [-0.2, -0.15) is 0 Å². The van der Waals surface area contributed by atoms with Crippen LogP contribution in [0.1, 0.15) is 28.9 Å². The van der Waals surface area contributed by atoms with Gasteiger partial charge in [-0.25, -0.2) is 4.98 Å². The summed E-state index contributed by atoms with van der Waals surface area (Å²) in [6, 6.07) is 1.96. The molecule has 0 spiro atoms. The number of rotatable bonds is 5. The predicted octanol–water partition coefficient (Wildman–Crippen LogP) is 3.39. The highest BCUT2D eigenvalue weighted by Gasteiger charge is 2.16. The van der Waals surface area contributed by atoms with Crippen molar-refractivity contribution in [2.24, 2.45) is 5.92 Å². The average molecular weight is 411 g/mol. The lowest BCUT2D eigenvalue weighted by Crippen LogP contribution is -2.33. The fraction of sp³-hybridized carbons (Fsp3) is 0.600. The van der Waals surface area contributed by atoms with Gasteiger partial charge in [-0.1, -0.05) is 11.3 Å². The molecule has 1 aliphatic rings. The maximum atomic E-state index is 12.2. The van der Waals surface area contributed by atoms with E-state index in [2.05, 4.69) is 15.6 Å². The molecule has 0 saturated carbocycles. The van der Waals surface area contributed by atoms with Crippen LogP contribution in [0.5, 0.6) is 0 Å². The first kappa shape index (κ1) is 21.4. The maximum Gasteiger partial charge on any atom is 0.261 e. The highest BCUT2D eigenvalue weighted by Crippen LogP contribution is 2.33. The van der Waals surface area contributed by atoms with Crippen molar-refractivity contribution in [1.29, 1.82) is 0 Å². The zero-order valence-electron chi connectivity index (χ0n) is 13.8. The molecule has 1 saturated heterocycles. The first-order chi connectivity index (χ1) is 10.6. The standard InChI is InChI=1S/C15H22N4OS2.2ClH/c1-19(2)15-18-14-12(22-15)8-11(21-14)13(20)17-7-5-10-4-3-6-16-9-10;;/h8,10,16H,3-7,9H2,1-2H3,(H,17,20);2*1H. The Labute approximate surface area is 163 Å². The Morgan fingerprint density at radius 3 is 2.83 bits per heavy atom. The number of carbonyl (C=O) groups is 1. The van der Waals surface area contributed by atoms with Gasteiger partial charge in [0.05, 0.1) is 9.58 Å². The van der Waals surface area contributed by atoms with E-state index in [0.29, 0.717) is 5.92 Å². The molecule has 1 aliphatic heterocycles. The molecule has 3 heterocycles. The van der Waals surface area contributed by atoms with Crippen LogP contribution in [0.2, 0.25) is 0 Å². The Kier molecular flexibility index (Phi) is 8.73. The van der Waals surface area contributed by atoms with Crippen LogP contribution in [-0.2, 0) is 0 Å². The fourth-order valence-corrected chi connectivity index (χ4v) is 4.72. The van der Waals surface area contributed by atoms with E-state index in [4.69, 9.17) is 0 Å². The summed E-state index contributed by atoms with van der Waals surface area (Å²) in [4.78, 5) is 20.5. The Bertz CT molecular complexity index is 621. The van der Waals surface area contributed by atoms with Crippen molar-refractivity contribution in [1.82, 2.24) is 15.6 Å². The molecule has 0 radical (unpaired) electrons. The zero-order chi connectivity index (χ0) is 15.5. The molecule has 1 amide bonds. The van der Waals surface area contributed by atoms with Gasteiger partial charge in [0.25, 0.3) is 5.91 Å². The van der Waals surface area contributed by atoms with Gasteiger partial charge >= 0.3 is 0 Å². The molecule has 2 N–H and O–H groups in total. The lowest BCUT2D eigenvalue weighted by Gasteiger charge is -2.22. The molecule has 1 fully saturated rings. The van der Waals surface area contributed by atoms with Crippen LogP contribution >= 0.6 is 47.5 Å². The largest absolute Gasteiger partial charge is 0.354 e. The minimum atomic E-state index is 0. The van der Waals surface area contributed by atoms with Crippen molar-refractivity contribution in [2.75, 3.05) is 38.6 Å². The van der Waals surface area contributed by atoms with Gasteiger partial charge in [-0.05, 0) is 44.3 Å². The summed E-state index contributed by atoms with van der Waals surface area (Å²) in [5, 5.41) is 7.44. The second-order valence-corrected chi connectivity index (χ2v) is 7.97. The van der Waals surface area contributed by atoms with Crippen LogP contribution in [-0.4, -0.2) is 44.6 Å². The second-order valence-electron chi connectivity index (χ2n) is 5.93. The van der Waals surface area contributed by atoms with E-state index in [0.717, 1.165) is 45.6 Å². The lowest BCUT2D eigenvalue weighted by atomic mass is 9.96. The summed E-state index contributed by atoms with van der Waals surface area (Å²) in [6.07, 6.45) is 3.58.